The van der Waals surface area contributed by atoms with Gasteiger partial charge in [0.25, 0.3) is 0 Å². The van der Waals surface area contributed by atoms with Crippen LogP contribution in [0.25, 0.3) is 0 Å². The Kier molecular flexibility index (Phi) is 3.89. The van der Waals surface area contributed by atoms with Gasteiger partial charge in [-0.1, -0.05) is 6.92 Å². The van der Waals surface area contributed by atoms with Crippen molar-refractivity contribution in [1.82, 2.24) is 14.8 Å². The second kappa shape index (κ2) is 4.97. The van der Waals surface area contributed by atoms with E-state index in [4.69, 9.17) is 5.73 Å². The van der Waals surface area contributed by atoms with Gasteiger partial charge in [0.15, 0.2) is 0 Å². The van der Waals surface area contributed by atoms with Crippen molar-refractivity contribution in [2.75, 3.05) is 0 Å². The van der Waals surface area contributed by atoms with Gasteiger partial charge >= 0.3 is 0 Å². The monoisotopic (exact) mass is 182 g/mol. The molecular formula is C9H18N4. The molecule has 0 saturated heterocycles. The average molecular weight is 182 g/mol. The molecule has 1 unspecified atom stereocenters. The van der Waals surface area contributed by atoms with Gasteiger partial charge in [0.05, 0.1) is 0 Å². The number of aryl methyl sites for hydroxylation is 2. The number of rotatable bonds is 5. The van der Waals surface area contributed by atoms with Gasteiger partial charge in [0.2, 0.25) is 0 Å². The van der Waals surface area contributed by atoms with Gasteiger partial charge in [0.1, 0.15) is 12.2 Å². The lowest BCUT2D eigenvalue weighted by molar-refractivity contribution is 0.553. The molecule has 0 aliphatic carbocycles. The van der Waals surface area contributed by atoms with Crippen LogP contribution in [0.15, 0.2) is 6.33 Å². The van der Waals surface area contributed by atoms with E-state index in [0.29, 0.717) is 6.04 Å². The Hall–Kier alpha value is -0.900. The summed E-state index contributed by atoms with van der Waals surface area (Å²) < 4.78 is 1.82. The zero-order valence-electron chi connectivity index (χ0n) is 8.40. The molecule has 4 heteroatoms. The molecule has 1 heterocycles. The Morgan fingerprint density at radius 1 is 1.62 bits per heavy atom. The molecule has 0 aliphatic heterocycles. The van der Waals surface area contributed by atoms with Crippen LogP contribution in [0, 0.1) is 0 Å². The van der Waals surface area contributed by atoms with Crippen LogP contribution >= 0.6 is 0 Å². The van der Waals surface area contributed by atoms with Crippen molar-refractivity contribution in [3.8, 4) is 0 Å². The second-order valence-electron chi connectivity index (χ2n) is 3.36. The smallest absolute Gasteiger partial charge is 0.138 e. The summed E-state index contributed by atoms with van der Waals surface area (Å²) in [7, 11) is 1.92. The lowest BCUT2D eigenvalue weighted by Crippen LogP contribution is -2.18. The van der Waals surface area contributed by atoms with Crippen LogP contribution in [0.1, 0.15) is 32.0 Å². The molecule has 1 atom stereocenters. The summed E-state index contributed by atoms with van der Waals surface area (Å²) in [5.74, 6) is 1.04. The zero-order valence-corrected chi connectivity index (χ0v) is 8.40. The highest BCUT2D eigenvalue weighted by atomic mass is 15.3. The van der Waals surface area contributed by atoms with Crippen LogP contribution in [0.3, 0.4) is 0 Å². The van der Waals surface area contributed by atoms with Crippen molar-refractivity contribution in [3.63, 3.8) is 0 Å². The standard InChI is InChI=1S/C9H18N4/c1-3-8(10)5-4-6-9-11-7-12-13(9)2/h7-8H,3-6,10H2,1-2H3. The van der Waals surface area contributed by atoms with Crippen molar-refractivity contribution in [2.24, 2.45) is 12.8 Å². The zero-order chi connectivity index (χ0) is 9.68. The van der Waals surface area contributed by atoms with E-state index in [-0.39, 0.29) is 0 Å². The Balaban J connectivity index is 2.24. The van der Waals surface area contributed by atoms with Crippen LogP contribution in [0.4, 0.5) is 0 Å². The molecule has 0 bridgehead atoms. The van der Waals surface area contributed by atoms with Gasteiger partial charge in [-0.15, -0.1) is 0 Å². The third-order valence-electron chi connectivity index (χ3n) is 2.30. The van der Waals surface area contributed by atoms with Gasteiger partial charge in [-0.25, -0.2) is 4.98 Å². The maximum Gasteiger partial charge on any atom is 0.138 e. The van der Waals surface area contributed by atoms with E-state index in [1.807, 2.05) is 11.7 Å². The third-order valence-corrected chi connectivity index (χ3v) is 2.30. The molecule has 4 nitrogen and oxygen atoms in total. The fraction of sp³-hybridized carbons (Fsp3) is 0.778. The van der Waals surface area contributed by atoms with Gasteiger partial charge < -0.3 is 5.73 Å². The van der Waals surface area contributed by atoms with E-state index in [1.54, 1.807) is 6.33 Å². The summed E-state index contributed by atoms with van der Waals surface area (Å²) in [4.78, 5) is 4.15. The highest BCUT2D eigenvalue weighted by Crippen LogP contribution is 2.03. The molecule has 13 heavy (non-hydrogen) atoms. The van der Waals surface area contributed by atoms with E-state index in [1.165, 1.54) is 0 Å². The van der Waals surface area contributed by atoms with E-state index in [2.05, 4.69) is 17.0 Å². The quantitative estimate of drug-likeness (QED) is 0.735. The molecule has 0 fully saturated rings. The topological polar surface area (TPSA) is 56.7 Å². The average Bonchev–Trinajstić information content (AvgIpc) is 2.52. The van der Waals surface area contributed by atoms with Crippen molar-refractivity contribution in [3.05, 3.63) is 12.2 Å². The highest BCUT2D eigenvalue weighted by molar-refractivity contribution is 4.83. The van der Waals surface area contributed by atoms with E-state index < -0.39 is 0 Å². The first-order valence-corrected chi connectivity index (χ1v) is 4.82. The number of nitrogens with two attached hydrogens (primary N) is 1. The molecule has 1 aromatic heterocycles. The minimum Gasteiger partial charge on any atom is -0.328 e. The maximum atomic E-state index is 5.81. The number of hydrogen-bond donors (Lipinski definition) is 1. The summed E-state index contributed by atoms with van der Waals surface area (Å²) in [6.45, 7) is 2.12. The molecule has 0 aromatic carbocycles. The normalized spacial score (nSPS) is 13.2. The highest BCUT2D eigenvalue weighted by Gasteiger charge is 2.02. The second-order valence-corrected chi connectivity index (χ2v) is 3.36. The van der Waals surface area contributed by atoms with Gasteiger partial charge in [-0.2, -0.15) is 5.10 Å². The van der Waals surface area contributed by atoms with Crippen LogP contribution in [-0.4, -0.2) is 20.8 Å². The van der Waals surface area contributed by atoms with E-state index >= 15 is 0 Å². The van der Waals surface area contributed by atoms with Gasteiger partial charge in [0, 0.05) is 19.5 Å². The molecule has 0 radical (unpaired) electrons. The summed E-state index contributed by atoms with van der Waals surface area (Å²) in [5, 5.41) is 4.01. The fourth-order valence-corrected chi connectivity index (χ4v) is 1.27. The van der Waals surface area contributed by atoms with E-state index in [9.17, 15) is 0 Å². The molecule has 0 saturated carbocycles. The number of nitrogens with zero attached hydrogens (tertiary/aromatic N) is 3. The minimum atomic E-state index is 0.341. The largest absolute Gasteiger partial charge is 0.328 e. The summed E-state index contributed by atoms with van der Waals surface area (Å²) in [6, 6.07) is 0.341. The Bertz CT molecular complexity index is 244. The van der Waals surface area contributed by atoms with Crippen molar-refractivity contribution in [1.29, 1.82) is 0 Å². The first-order chi connectivity index (χ1) is 6.24. The summed E-state index contributed by atoms with van der Waals surface area (Å²) in [6.07, 6.45) is 5.79. The predicted octanol–water partition coefficient (Wildman–Crippen LogP) is 0.875. The molecule has 74 valence electrons. The SMILES string of the molecule is CCC(N)CCCc1ncnn1C. The number of aromatic nitrogens is 3. The van der Waals surface area contributed by atoms with Gasteiger partial charge in [-0.05, 0) is 19.3 Å². The van der Waals surface area contributed by atoms with E-state index in [0.717, 1.165) is 31.5 Å². The van der Waals surface area contributed by atoms with Crippen LogP contribution in [0.2, 0.25) is 0 Å². The van der Waals surface area contributed by atoms with Crippen LogP contribution < -0.4 is 5.73 Å². The molecular weight excluding hydrogens is 164 g/mol. The fourth-order valence-electron chi connectivity index (χ4n) is 1.27. The molecule has 1 aromatic rings. The molecule has 1 rings (SSSR count). The molecule has 0 aliphatic rings. The van der Waals surface area contributed by atoms with Gasteiger partial charge in [-0.3, -0.25) is 4.68 Å². The first-order valence-electron chi connectivity index (χ1n) is 4.82. The molecule has 2 N–H and O–H groups in total. The first kappa shape index (κ1) is 10.2. The van der Waals surface area contributed by atoms with Crippen LogP contribution in [-0.2, 0) is 13.5 Å². The summed E-state index contributed by atoms with van der Waals surface area (Å²) in [5.41, 5.74) is 5.81. The Morgan fingerprint density at radius 3 is 2.92 bits per heavy atom. The Morgan fingerprint density at radius 2 is 2.38 bits per heavy atom. The lowest BCUT2D eigenvalue weighted by Gasteiger charge is -2.07. The van der Waals surface area contributed by atoms with Crippen molar-refractivity contribution >= 4 is 0 Å². The number of hydrogen-bond acceptors (Lipinski definition) is 3. The molecule has 0 amide bonds. The third kappa shape index (κ3) is 3.14. The van der Waals surface area contributed by atoms with Crippen molar-refractivity contribution < 1.29 is 0 Å². The predicted molar refractivity (Wildman–Crippen MR) is 52.2 cm³/mol. The van der Waals surface area contributed by atoms with Crippen LogP contribution in [0.5, 0.6) is 0 Å². The minimum absolute atomic E-state index is 0.341. The molecule has 0 spiro atoms. The lowest BCUT2D eigenvalue weighted by atomic mass is 10.1. The van der Waals surface area contributed by atoms with Crippen molar-refractivity contribution in [2.45, 2.75) is 38.6 Å². The maximum absolute atomic E-state index is 5.81. The Labute approximate surface area is 79.2 Å². The summed E-state index contributed by atoms with van der Waals surface area (Å²) >= 11 is 0.